The maximum absolute atomic E-state index is 9.70. The average molecular weight is 451 g/mol. The zero-order chi connectivity index (χ0) is 24.3. The minimum Gasteiger partial charge on any atom is -0.465 e. The number of aromatic nitrogens is 2. The number of pyridine rings is 1. The van der Waals surface area contributed by atoms with Gasteiger partial charge in [-0.1, -0.05) is 0 Å². The number of hydrogen-bond acceptors (Lipinski definition) is 5. The van der Waals surface area contributed by atoms with Gasteiger partial charge in [0.25, 0.3) is 0 Å². The Balaban J connectivity index is 0.000000305. The van der Waals surface area contributed by atoms with Crippen molar-refractivity contribution in [2.24, 2.45) is 0 Å². The predicted octanol–water partition coefficient (Wildman–Crippen LogP) is 2.81. The molecule has 0 atom stereocenters. The molecule has 2 amide bonds. The monoisotopic (exact) mass is 450 g/mol. The quantitative estimate of drug-likeness (QED) is 0.409. The fourth-order valence-corrected chi connectivity index (χ4v) is 3.40. The summed E-state index contributed by atoms with van der Waals surface area (Å²) >= 11 is 0. The molecule has 1 aliphatic heterocycles. The summed E-state index contributed by atoms with van der Waals surface area (Å²) in [5.74, 6) is 0. The first kappa shape index (κ1) is 26.9. The Labute approximate surface area is 187 Å². The molecule has 0 saturated heterocycles. The van der Waals surface area contributed by atoms with E-state index >= 15 is 0 Å². The van der Waals surface area contributed by atoms with Crippen LogP contribution in [0.5, 0.6) is 0 Å². The average Bonchev–Trinajstić information content (AvgIpc) is 3.27. The number of rotatable bonds is 5. The van der Waals surface area contributed by atoms with E-state index in [2.05, 4.69) is 20.2 Å². The van der Waals surface area contributed by atoms with E-state index in [4.69, 9.17) is 10.2 Å². The first-order valence-electron chi connectivity index (χ1n) is 10.5. The van der Waals surface area contributed by atoms with Gasteiger partial charge < -0.3 is 35.6 Å². The lowest BCUT2D eigenvalue weighted by Crippen LogP contribution is -2.27. The zero-order valence-electron chi connectivity index (χ0n) is 19.0. The van der Waals surface area contributed by atoms with Crippen LogP contribution in [-0.2, 0) is 26.2 Å². The lowest BCUT2D eigenvalue weighted by atomic mass is 10.0. The van der Waals surface area contributed by atoms with Gasteiger partial charge >= 0.3 is 12.2 Å². The Morgan fingerprint density at radius 2 is 1.59 bits per heavy atom. The van der Waals surface area contributed by atoms with E-state index in [1.54, 1.807) is 40.1 Å². The Bertz CT molecular complexity index is 845. The van der Waals surface area contributed by atoms with Gasteiger partial charge in [0.05, 0.1) is 18.9 Å². The molecule has 0 aromatic carbocycles. The lowest BCUT2D eigenvalue weighted by Gasteiger charge is -2.08. The number of hydrogen-bond donors (Lipinski definition) is 6. The third-order valence-electron chi connectivity index (χ3n) is 4.47. The van der Waals surface area contributed by atoms with Gasteiger partial charge in [0.1, 0.15) is 0 Å². The third kappa shape index (κ3) is 8.20. The summed E-state index contributed by atoms with van der Waals surface area (Å²) in [6, 6.07) is 3.94. The van der Waals surface area contributed by atoms with Crippen LogP contribution >= 0.6 is 0 Å². The van der Waals surface area contributed by atoms with Gasteiger partial charge in [-0.2, -0.15) is 0 Å². The molecule has 178 valence electrons. The zero-order valence-corrected chi connectivity index (χ0v) is 19.0. The molecule has 0 saturated carbocycles. The van der Waals surface area contributed by atoms with E-state index in [0.29, 0.717) is 0 Å². The topological polar surface area (TPSA) is 157 Å². The van der Waals surface area contributed by atoms with Crippen LogP contribution in [0.2, 0.25) is 0 Å². The summed E-state index contributed by atoms with van der Waals surface area (Å²) < 4.78 is 2.22. The fraction of sp³-hybridized carbons (Fsp3) is 0.500. The van der Waals surface area contributed by atoms with E-state index in [1.807, 2.05) is 12.1 Å². The standard InChI is InChI=1S/C14H16N2O2.2C4H9NO2/c17-8-11-12(9-18)14(10-3-1-5-15-7-10)16-6-2-4-13(11)16;2*1-3(2)5-4(6)7/h1,3,5,7,17-18H,2,4,6,8-9H2;2*3,5H,1-2H3,(H,6,7). The van der Waals surface area contributed by atoms with Crippen molar-refractivity contribution >= 4 is 12.2 Å². The van der Waals surface area contributed by atoms with Crippen molar-refractivity contribution in [1.82, 2.24) is 20.2 Å². The Hall–Kier alpha value is -3.11. The van der Waals surface area contributed by atoms with Gasteiger partial charge in [0.2, 0.25) is 0 Å². The van der Waals surface area contributed by atoms with Gasteiger partial charge in [0, 0.05) is 53.4 Å². The maximum Gasteiger partial charge on any atom is 0.404 e. The summed E-state index contributed by atoms with van der Waals surface area (Å²) in [4.78, 5) is 23.5. The highest BCUT2D eigenvalue weighted by Gasteiger charge is 2.25. The van der Waals surface area contributed by atoms with Crippen molar-refractivity contribution in [2.75, 3.05) is 0 Å². The number of fused-ring (bicyclic) bond motifs is 1. The van der Waals surface area contributed by atoms with Crippen molar-refractivity contribution < 1.29 is 30.0 Å². The molecule has 10 heteroatoms. The highest BCUT2D eigenvalue weighted by molar-refractivity contribution is 5.67. The summed E-state index contributed by atoms with van der Waals surface area (Å²) in [6.45, 7) is 7.99. The van der Waals surface area contributed by atoms with Crippen LogP contribution in [0, 0.1) is 0 Å². The molecule has 0 fully saturated rings. The number of nitrogens with one attached hydrogen (secondary N) is 2. The molecule has 32 heavy (non-hydrogen) atoms. The van der Waals surface area contributed by atoms with Crippen LogP contribution in [0.4, 0.5) is 9.59 Å². The number of aliphatic hydroxyl groups excluding tert-OH is 2. The second-order valence-corrected chi connectivity index (χ2v) is 7.77. The minimum absolute atomic E-state index is 0.00844. The molecular formula is C22H34N4O6. The fourth-order valence-electron chi connectivity index (χ4n) is 3.40. The Kier molecular flexibility index (Phi) is 11.2. The van der Waals surface area contributed by atoms with E-state index in [0.717, 1.165) is 41.8 Å². The van der Waals surface area contributed by atoms with Crippen molar-refractivity contribution in [3.63, 3.8) is 0 Å². The molecule has 1 aliphatic rings. The van der Waals surface area contributed by atoms with Gasteiger partial charge in [-0.25, -0.2) is 9.59 Å². The highest BCUT2D eigenvalue weighted by atomic mass is 16.4. The van der Waals surface area contributed by atoms with Gasteiger partial charge in [-0.15, -0.1) is 0 Å². The van der Waals surface area contributed by atoms with Crippen molar-refractivity contribution in [3.05, 3.63) is 41.3 Å². The molecule has 0 unspecified atom stereocenters. The van der Waals surface area contributed by atoms with Crippen LogP contribution in [0.1, 0.15) is 50.9 Å². The summed E-state index contributed by atoms with van der Waals surface area (Å²) in [6.07, 6.45) is 3.69. The molecule has 3 heterocycles. The van der Waals surface area contributed by atoms with E-state index in [-0.39, 0.29) is 25.3 Å². The number of aliphatic hydroxyl groups is 2. The van der Waals surface area contributed by atoms with Crippen molar-refractivity contribution in [2.45, 2.75) is 72.4 Å². The SMILES string of the molecule is CC(C)NC(=O)O.CC(C)NC(=O)O.OCc1c(CO)c(-c2cccnc2)n2c1CCC2. The molecule has 6 N–H and O–H groups in total. The highest BCUT2D eigenvalue weighted by Crippen LogP contribution is 2.35. The van der Waals surface area contributed by atoms with E-state index in [1.165, 1.54) is 5.69 Å². The summed E-state index contributed by atoms with van der Waals surface area (Å²) in [5, 5.41) is 39.5. The van der Waals surface area contributed by atoms with Crippen LogP contribution in [0.15, 0.2) is 24.5 Å². The second kappa shape index (κ2) is 13.3. The molecular weight excluding hydrogens is 416 g/mol. The molecule has 0 bridgehead atoms. The van der Waals surface area contributed by atoms with E-state index in [9.17, 15) is 19.8 Å². The van der Waals surface area contributed by atoms with Crippen LogP contribution in [0.3, 0.4) is 0 Å². The minimum atomic E-state index is -0.963. The largest absolute Gasteiger partial charge is 0.465 e. The number of carboxylic acid groups (broad SMARTS) is 2. The molecule has 0 radical (unpaired) electrons. The molecule has 2 aromatic rings. The Morgan fingerprint density at radius 3 is 1.97 bits per heavy atom. The maximum atomic E-state index is 9.70. The normalized spacial score (nSPS) is 11.8. The first-order valence-corrected chi connectivity index (χ1v) is 10.5. The van der Waals surface area contributed by atoms with Gasteiger partial charge in [-0.05, 0) is 52.7 Å². The lowest BCUT2D eigenvalue weighted by molar-refractivity contribution is 0.190. The second-order valence-electron chi connectivity index (χ2n) is 7.77. The van der Waals surface area contributed by atoms with Crippen LogP contribution in [-0.4, -0.2) is 54.2 Å². The molecule has 0 spiro atoms. The van der Waals surface area contributed by atoms with Crippen LogP contribution < -0.4 is 10.6 Å². The summed E-state index contributed by atoms with van der Waals surface area (Å²) in [7, 11) is 0. The van der Waals surface area contributed by atoms with Crippen molar-refractivity contribution in [1.29, 1.82) is 0 Å². The smallest absolute Gasteiger partial charge is 0.404 e. The Morgan fingerprint density at radius 1 is 1.03 bits per heavy atom. The van der Waals surface area contributed by atoms with Crippen molar-refractivity contribution in [3.8, 4) is 11.3 Å². The van der Waals surface area contributed by atoms with E-state index < -0.39 is 12.2 Å². The van der Waals surface area contributed by atoms with Gasteiger partial charge in [0.15, 0.2) is 0 Å². The number of carbonyl (C=O) groups is 2. The van der Waals surface area contributed by atoms with Gasteiger partial charge in [-0.3, -0.25) is 4.98 Å². The van der Waals surface area contributed by atoms with Crippen LogP contribution in [0.25, 0.3) is 11.3 Å². The molecule has 0 aliphatic carbocycles. The third-order valence-corrected chi connectivity index (χ3v) is 4.47. The predicted molar refractivity (Wildman–Crippen MR) is 120 cm³/mol. The number of nitrogens with zero attached hydrogens (tertiary/aromatic N) is 2. The number of amides is 2. The first-order chi connectivity index (χ1) is 15.1. The summed E-state index contributed by atoms with van der Waals surface area (Å²) in [5.41, 5.74) is 4.93. The molecule has 3 rings (SSSR count). The molecule has 10 nitrogen and oxygen atoms in total. The molecule has 2 aromatic heterocycles.